The molecule has 4 atom stereocenters. The number of aromatic nitrogens is 2. The minimum Gasteiger partial charge on any atom is -0.458 e. The Morgan fingerprint density at radius 2 is 1.89 bits per heavy atom. The molecular weight excluding hydrogens is 594 g/mol. The highest BCUT2D eigenvalue weighted by atomic mass is 35.5. The van der Waals surface area contributed by atoms with Crippen molar-refractivity contribution in [2.24, 2.45) is 11.3 Å². The molecule has 0 aliphatic carbocycles. The number of allylic oxidation sites excluding steroid dienone is 6. The number of cyclic esters (lactones) is 1. The number of hydrogen-bond donors (Lipinski definition) is 1. The number of carbonyl (C=O) groups is 4. The molecule has 0 fully saturated rings. The van der Waals surface area contributed by atoms with Gasteiger partial charge in [0, 0.05) is 60.7 Å². The molecule has 0 saturated carbocycles. The molecule has 1 N–H and O–H groups in total. The van der Waals surface area contributed by atoms with Crippen LogP contribution in [-0.4, -0.2) is 51.6 Å². The second-order valence-electron chi connectivity index (χ2n) is 12.2. The van der Waals surface area contributed by atoms with Crippen LogP contribution in [-0.2, 0) is 23.9 Å². The topological polar surface area (TPSA) is 117 Å². The maximum atomic E-state index is 13.1. The fraction of sp³-hybridized carbons (Fsp3) is 0.457. The SMILES string of the molecule is CC1=CC[C@@H]([C@@H](C)/C=C(C)/C=C\C=C/C(=O)N[C@H](C(=O)C/C=C\C[C@H](C/C=C(\C)Cl)OC(=O)n2ccnc2)C(C)(C)C)OC1=O. The summed E-state index contributed by atoms with van der Waals surface area (Å²) >= 11 is 5.97. The van der Waals surface area contributed by atoms with Crippen LogP contribution in [0.4, 0.5) is 4.79 Å². The summed E-state index contributed by atoms with van der Waals surface area (Å²) < 4.78 is 12.3. The number of rotatable bonds is 14. The zero-order valence-electron chi connectivity index (χ0n) is 27.3. The van der Waals surface area contributed by atoms with Crippen molar-refractivity contribution >= 4 is 35.4 Å². The maximum Gasteiger partial charge on any atom is 0.419 e. The summed E-state index contributed by atoms with van der Waals surface area (Å²) in [6.07, 6.45) is 20.5. The third-order valence-electron chi connectivity index (χ3n) is 7.07. The highest BCUT2D eigenvalue weighted by molar-refractivity contribution is 6.29. The van der Waals surface area contributed by atoms with E-state index in [9.17, 15) is 19.2 Å². The molecule has 1 amide bonds. The molecule has 2 rings (SSSR count). The molecule has 10 heteroatoms. The van der Waals surface area contributed by atoms with Gasteiger partial charge in [0.2, 0.25) is 5.91 Å². The van der Waals surface area contributed by atoms with Gasteiger partial charge in [-0.2, -0.15) is 0 Å². The lowest BCUT2D eigenvalue weighted by Crippen LogP contribution is -2.48. The first-order valence-electron chi connectivity index (χ1n) is 15.1. The Balaban J connectivity index is 1.92. The van der Waals surface area contributed by atoms with Crippen LogP contribution >= 0.6 is 11.6 Å². The molecule has 0 radical (unpaired) electrons. The van der Waals surface area contributed by atoms with Gasteiger partial charge in [-0.15, -0.1) is 0 Å². The Hall–Kier alpha value is -3.98. The van der Waals surface area contributed by atoms with Crippen molar-refractivity contribution in [1.29, 1.82) is 0 Å². The van der Waals surface area contributed by atoms with Gasteiger partial charge in [-0.3, -0.25) is 9.59 Å². The number of Topliss-reactive ketones (excluding diaryl/α,β-unsaturated/α-hetero) is 1. The number of hydrogen-bond acceptors (Lipinski definition) is 7. The van der Waals surface area contributed by atoms with Crippen LogP contribution in [0.3, 0.4) is 0 Å². The molecule has 0 spiro atoms. The number of amides is 1. The zero-order valence-corrected chi connectivity index (χ0v) is 28.0. The number of nitrogens with one attached hydrogen (secondary N) is 1. The van der Waals surface area contributed by atoms with Crippen LogP contribution in [0.1, 0.15) is 74.1 Å². The Morgan fingerprint density at radius 1 is 1.18 bits per heavy atom. The van der Waals surface area contributed by atoms with E-state index in [1.807, 2.05) is 52.8 Å². The van der Waals surface area contributed by atoms with E-state index in [4.69, 9.17) is 21.1 Å². The number of carbonyl (C=O) groups excluding carboxylic acids is 4. The number of halogens is 1. The number of ketones is 1. The van der Waals surface area contributed by atoms with E-state index in [1.165, 1.54) is 29.4 Å². The van der Waals surface area contributed by atoms with Gasteiger partial charge in [0.05, 0.1) is 6.04 Å². The van der Waals surface area contributed by atoms with E-state index in [1.54, 1.807) is 44.2 Å². The summed E-state index contributed by atoms with van der Waals surface area (Å²) in [5, 5.41) is 3.43. The number of nitrogens with zero attached hydrogens (tertiary/aromatic N) is 2. The number of ether oxygens (including phenoxy) is 2. The fourth-order valence-corrected chi connectivity index (χ4v) is 4.59. The van der Waals surface area contributed by atoms with Crippen molar-refractivity contribution in [2.45, 2.75) is 92.4 Å². The lowest BCUT2D eigenvalue weighted by atomic mass is 9.83. The third-order valence-corrected chi connectivity index (χ3v) is 7.23. The van der Waals surface area contributed by atoms with Crippen molar-refractivity contribution in [3.05, 3.63) is 89.6 Å². The first kappa shape index (κ1) is 37.2. The van der Waals surface area contributed by atoms with Crippen LogP contribution in [0.5, 0.6) is 0 Å². The largest absolute Gasteiger partial charge is 0.458 e. The Bertz CT molecular complexity index is 1360. The monoisotopic (exact) mass is 639 g/mol. The molecule has 9 nitrogen and oxygen atoms in total. The molecule has 2 heterocycles. The van der Waals surface area contributed by atoms with Gasteiger partial charge in [-0.1, -0.05) is 93.5 Å². The van der Waals surface area contributed by atoms with Crippen molar-refractivity contribution in [2.75, 3.05) is 0 Å². The predicted molar refractivity (Wildman–Crippen MR) is 176 cm³/mol. The first-order valence-corrected chi connectivity index (χ1v) is 15.5. The highest BCUT2D eigenvalue weighted by Crippen LogP contribution is 2.23. The minimum absolute atomic E-state index is 0.0396. The third kappa shape index (κ3) is 13.7. The molecule has 1 aromatic heterocycles. The summed E-state index contributed by atoms with van der Waals surface area (Å²) in [5.41, 5.74) is 1.09. The fourth-order valence-electron chi connectivity index (χ4n) is 4.50. The molecule has 45 heavy (non-hydrogen) atoms. The summed E-state index contributed by atoms with van der Waals surface area (Å²) in [6.45, 7) is 13.1. The van der Waals surface area contributed by atoms with Crippen molar-refractivity contribution < 1.29 is 28.7 Å². The maximum absolute atomic E-state index is 13.1. The van der Waals surface area contributed by atoms with Crippen LogP contribution < -0.4 is 5.32 Å². The van der Waals surface area contributed by atoms with E-state index in [0.717, 1.165) is 5.57 Å². The molecule has 0 unspecified atom stereocenters. The zero-order chi connectivity index (χ0) is 33.6. The van der Waals surface area contributed by atoms with Gasteiger partial charge >= 0.3 is 12.1 Å². The Morgan fingerprint density at radius 3 is 2.51 bits per heavy atom. The van der Waals surface area contributed by atoms with E-state index < -0.39 is 23.7 Å². The first-order chi connectivity index (χ1) is 21.2. The second kappa shape index (κ2) is 18.1. The van der Waals surface area contributed by atoms with Gasteiger partial charge in [0.1, 0.15) is 18.5 Å². The quantitative estimate of drug-likeness (QED) is 0.0993. The predicted octanol–water partition coefficient (Wildman–Crippen LogP) is 7.16. The summed E-state index contributed by atoms with van der Waals surface area (Å²) in [5.74, 6) is -0.753. The van der Waals surface area contributed by atoms with Crippen molar-refractivity contribution in [3.63, 3.8) is 0 Å². The normalized spacial score (nSPS) is 18.5. The molecule has 1 aliphatic rings. The minimum atomic E-state index is -0.710. The lowest BCUT2D eigenvalue weighted by molar-refractivity contribution is -0.147. The molecule has 0 aromatic carbocycles. The average molecular weight is 640 g/mol. The Kier molecular flexibility index (Phi) is 15.0. The van der Waals surface area contributed by atoms with Gasteiger partial charge in [-0.25, -0.2) is 19.1 Å². The molecule has 1 aromatic rings. The summed E-state index contributed by atoms with van der Waals surface area (Å²) in [7, 11) is 0. The second-order valence-corrected chi connectivity index (χ2v) is 12.8. The van der Waals surface area contributed by atoms with Crippen LogP contribution in [0.25, 0.3) is 0 Å². The average Bonchev–Trinajstić information content (AvgIpc) is 3.51. The van der Waals surface area contributed by atoms with Crippen LogP contribution in [0.2, 0.25) is 0 Å². The molecule has 244 valence electrons. The van der Waals surface area contributed by atoms with Crippen molar-refractivity contribution in [3.8, 4) is 0 Å². The Labute approximate surface area is 271 Å². The van der Waals surface area contributed by atoms with E-state index in [-0.39, 0.29) is 36.1 Å². The summed E-state index contributed by atoms with van der Waals surface area (Å²) in [6, 6.07) is -0.710. The van der Waals surface area contributed by atoms with Gasteiger partial charge < -0.3 is 14.8 Å². The summed E-state index contributed by atoms with van der Waals surface area (Å²) in [4.78, 5) is 53.9. The van der Waals surface area contributed by atoms with Crippen LogP contribution in [0.15, 0.2) is 89.6 Å². The van der Waals surface area contributed by atoms with Crippen molar-refractivity contribution in [1.82, 2.24) is 14.9 Å². The smallest absolute Gasteiger partial charge is 0.419 e. The van der Waals surface area contributed by atoms with E-state index >= 15 is 0 Å². The van der Waals surface area contributed by atoms with Crippen LogP contribution in [0, 0.1) is 11.3 Å². The molecule has 1 aliphatic heterocycles. The highest BCUT2D eigenvalue weighted by Gasteiger charge is 2.31. The number of esters is 1. The van der Waals surface area contributed by atoms with E-state index in [0.29, 0.717) is 29.9 Å². The van der Waals surface area contributed by atoms with Gasteiger partial charge in [0.15, 0.2) is 5.78 Å². The lowest BCUT2D eigenvalue weighted by Gasteiger charge is -2.29. The van der Waals surface area contributed by atoms with Gasteiger partial charge in [-0.05, 0) is 26.2 Å². The van der Waals surface area contributed by atoms with Gasteiger partial charge in [0.25, 0.3) is 0 Å². The van der Waals surface area contributed by atoms with E-state index in [2.05, 4.69) is 10.3 Å². The molecular formula is C35H46ClN3O6. The molecule has 0 saturated heterocycles. The number of imidazole rings is 1. The molecule has 0 bridgehead atoms. The standard InChI is InChI=1S/C35H46ClN3O6/c1-24(22-26(3)30-19-16-25(2)33(42)45-30)12-8-11-15-31(41)38-32(35(5,6)7)29(40)14-10-9-13-28(18-17-27(4)36)44-34(43)39-21-20-37-23-39/h8-12,15-17,20-23,26,28,30,32H,13-14,18-19H2,1-7H3,(H,38,41)/b10-9-,12-8-,15-11-,24-22+,27-17+/t26-,28+,30-,32+/m0/s1.